The van der Waals surface area contributed by atoms with Gasteiger partial charge in [-0.25, -0.2) is 9.37 Å². The predicted molar refractivity (Wildman–Crippen MR) is 92.1 cm³/mol. The van der Waals surface area contributed by atoms with Crippen LogP contribution in [0.1, 0.15) is 35.9 Å². The highest BCUT2D eigenvalue weighted by molar-refractivity contribution is 6.31. The summed E-state index contributed by atoms with van der Waals surface area (Å²) in [5.74, 6) is 1.37. The minimum absolute atomic E-state index is 0.320. The second-order valence-electron chi connectivity index (χ2n) is 6.59. The van der Waals surface area contributed by atoms with Crippen molar-refractivity contribution >= 4 is 17.5 Å². The van der Waals surface area contributed by atoms with Crippen LogP contribution in [0.4, 0.5) is 10.3 Å². The van der Waals surface area contributed by atoms with E-state index in [0.717, 1.165) is 44.6 Å². The summed E-state index contributed by atoms with van der Waals surface area (Å²) < 4.78 is 19.0. The first-order chi connectivity index (χ1) is 12.1. The molecule has 0 radical (unpaired) electrons. The van der Waals surface area contributed by atoms with E-state index in [1.54, 1.807) is 6.07 Å². The molecule has 130 valence electrons. The van der Waals surface area contributed by atoms with E-state index in [4.69, 9.17) is 16.0 Å². The number of piperazine rings is 1. The molecule has 5 nitrogen and oxygen atoms in total. The number of hydrogen-bond acceptors (Lipinski definition) is 5. The fraction of sp³-hybridized carbons (Fsp3) is 0.444. The smallest absolute Gasteiger partial charge is 0.234 e. The lowest BCUT2D eigenvalue weighted by Gasteiger charge is -2.34. The van der Waals surface area contributed by atoms with Gasteiger partial charge in [-0.2, -0.15) is 5.26 Å². The lowest BCUT2D eigenvalue weighted by Crippen LogP contribution is -2.46. The lowest BCUT2D eigenvalue weighted by atomic mass is 10.2. The van der Waals surface area contributed by atoms with Gasteiger partial charge in [0.15, 0.2) is 0 Å². The molecule has 0 N–H and O–H groups in total. The molecule has 1 aliphatic carbocycles. The standard InChI is InChI=1S/C18H18ClFN4O/c19-15-9-14(20)4-3-13(15)11-23-5-7-24(8-6-23)18-16(10-21)22-17(25-18)12-1-2-12/h3-4,9,12H,1-2,5-8,11H2. The normalized spacial score (nSPS) is 18.4. The van der Waals surface area contributed by atoms with Crippen LogP contribution in [0.5, 0.6) is 0 Å². The van der Waals surface area contributed by atoms with Crippen molar-refractivity contribution in [3.05, 3.63) is 46.2 Å². The Labute approximate surface area is 150 Å². The van der Waals surface area contributed by atoms with E-state index in [2.05, 4.69) is 20.9 Å². The van der Waals surface area contributed by atoms with Crippen LogP contribution >= 0.6 is 11.6 Å². The number of benzene rings is 1. The zero-order chi connectivity index (χ0) is 17.4. The fourth-order valence-corrected chi connectivity index (χ4v) is 3.35. The van der Waals surface area contributed by atoms with Crippen LogP contribution in [0.15, 0.2) is 22.6 Å². The topological polar surface area (TPSA) is 56.3 Å². The average molecular weight is 361 g/mol. The molecule has 2 fully saturated rings. The number of hydrogen-bond donors (Lipinski definition) is 0. The number of nitriles is 1. The van der Waals surface area contributed by atoms with Crippen LogP contribution in [0.25, 0.3) is 0 Å². The van der Waals surface area contributed by atoms with Gasteiger partial charge >= 0.3 is 0 Å². The van der Waals surface area contributed by atoms with Gasteiger partial charge in [-0.15, -0.1) is 0 Å². The maximum absolute atomic E-state index is 13.2. The van der Waals surface area contributed by atoms with Gasteiger partial charge < -0.3 is 9.32 Å². The highest BCUT2D eigenvalue weighted by Gasteiger charge is 2.32. The first-order valence-electron chi connectivity index (χ1n) is 8.46. The highest BCUT2D eigenvalue weighted by Crippen LogP contribution is 2.41. The van der Waals surface area contributed by atoms with Gasteiger partial charge in [-0.05, 0) is 30.5 Å². The molecule has 0 spiro atoms. The minimum Gasteiger partial charge on any atom is -0.423 e. The zero-order valence-electron chi connectivity index (χ0n) is 13.7. The molecule has 1 saturated carbocycles. The Morgan fingerprint density at radius 1 is 1.28 bits per heavy atom. The molecule has 2 aromatic rings. The zero-order valence-corrected chi connectivity index (χ0v) is 14.5. The Balaban J connectivity index is 1.40. The van der Waals surface area contributed by atoms with Crippen molar-refractivity contribution < 1.29 is 8.81 Å². The molecule has 1 aromatic heterocycles. The van der Waals surface area contributed by atoms with Crippen molar-refractivity contribution in [1.29, 1.82) is 5.26 Å². The highest BCUT2D eigenvalue weighted by atomic mass is 35.5. The summed E-state index contributed by atoms with van der Waals surface area (Å²) in [6.45, 7) is 3.83. The molecule has 0 unspecified atom stereocenters. The van der Waals surface area contributed by atoms with E-state index in [9.17, 15) is 9.65 Å². The fourth-order valence-electron chi connectivity index (χ4n) is 3.12. The van der Waals surface area contributed by atoms with Crippen molar-refractivity contribution in [2.24, 2.45) is 0 Å². The molecule has 0 atom stereocenters. The van der Waals surface area contributed by atoms with E-state index in [1.807, 2.05) is 0 Å². The maximum Gasteiger partial charge on any atom is 0.234 e. The predicted octanol–water partition coefficient (Wildman–Crippen LogP) is 3.54. The molecule has 1 saturated heterocycles. The van der Waals surface area contributed by atoms with E-state index in [0.29, 0.717) is 35.0 Å². The summed E-state index contributed by atoms with van der Waals surface area (Å²) in [6.07, 6.45) is 2.19. The van der Waals surface area contributed by atoms with Crippen LogP contribution in [0.2, 0.25) is 5.02 Å². The van der Waals surface area contributed by atoms with Gasteiger partial charge in [0.25, 0.3) is 0 Å². The van der Waals surface area contributed by atoms with Crippen LogP contribution < -0.4 is 4.90 Å². The third-order valence-corrected chi connectivity index (χ3v) is 5.08. The number of rotatable bonds is 4. The van der Waals surface area contributed by atoms with Crippen LogP contribution in [0.3, 0.4) is 0 Å². The van der Waals surface area contributed by atoms with Crippen molar-refractivity contribution in [3.63, 3.8) is 0 Å². The van der Waals surface area contributed by atoms with Gasteiger partial charge in [0.2, 0.25) is 17.5 Å². The summed E-state index contributed by atoms with van der Waals surface area (Å²) in [4.78, 5) is 8.68. The Kier molecular flexibility index (Phi) is 4.36. The van der Waals surface area contributed by atoms with Crippen molar-refractivity contribution in [3.8, 4) is 6.07 Å². The van der Waals surface area contributed by atoms with E-state index in [-0.39, 0.29) is 5.82 Å². The molecular weight excluding hydrogens is 343 g/mol. The van der Waals surface area contributed by atoms with Crippen LogP contribution in [0, 0.1) is 17.1 Å². The summed E-state index contributed by atoms with van der Waals surface area (Å²) in [5, 5.41) is 9.77. The Morgan fingerprint density at radius 2 is 2.04 bits per heavy atom. The summed E-state index contributed by atoms with van der Waals surface area (Å²) in [7, 11) is 0. The summed E-state index contributed by atoms with van der Waals surface area (Å²) in [5.41, 5.74) is 1.31. The quantitative estimate of drug-likeness (QED) is 0.834. The largest absolute Gasteiger partial charge is 0.423 e. The van der Waals surface area contributed by atoms with Crippen molar-refractivity contribution in [1.82, 2.24) is 9.88 Å². The Hall–Kier alpha value is -2.10. The molecule has 7 heteroatoms. The molecule has 2 heterocycles. The molecule has 0 amide bonds. The summed E-state index contributed by atoms with van der Waals surface area (Å²) >= 11 is 6.11. The van der Waals surface area contributed by atoms with Gasteiger partial charge in [0.1, 0.15) is 11.9 Å². The number of anilines is 1. The van der Waals surface area contributed by atoms with E-state index < -0.39 is 0 Å². The Bertz CT molecular complexity index is 819. The molecule has 25 heavy (non-hydrogen) atoms. The van der Waals surface area contributed by atoms with Gasteiger partial charge in [0.05, 0.1) is 0 Å². The molecule has 1 aliphatic heterocycles. The third kappa shape index (κ3) is 3.48. The molecule has 2 aliphatic rings. The van der Waals surface area contributed by atoms with Gasteiger partial charge in [-0.1, -0.05) is 17.7 Å². The minimum atomic E-state index is -0.320. The molecule has 1 aromatic carbocycles. The van der Waals surface area contributed by atoms with Gasteiger partial charge in [-0.3, -0.25) is 4.90 Å². The SMILES string of the molecule is N#Cc1nc(C2CC2)oc1N1CCN(Cc2ccc(F)cc2Cl)CC1. The van der Waals surface area contributed by atoms with E-state index >= 15 is 0 Å². The number of halogens is 2. The first-order valence-corrected chi connectivity index (χ1v) is 8.84. The molecule has 0 bridgehead atoms. The first kappa shape index (κ1) is 16.4. The second-order valence-corrected chi connectivity index (χ2v) is 7.00. The lowest BCUT2D eigenvalue weighted by molar-refractivity contribution is 0.245. The molecule has 4 rings (SSSR count). The monoisotopic (exact) mass is 360 g/mol. The van der Waals surface area contributed by atoms with Gasteiger partial charge in [0, 0.05) is 43.7 Å². The van der Waals surface area contributed by atoms with E-state index in [1.165, 1.54) is 12.1 Å². The maximum atomic E-state index is 13.2. The van der Waals surface area contributed by atoms with Crippen LogP contribution in [-0.4, -0.2) is 36.1 Å². The number of aromatic nitrogens is 1. The van der Waals surface area contributed by atoms with Crippen LogP contribution in [-0.2, 0) is 6.54 Å². The summed E-state index contributed by atoms with van der Waals surface area (Å²) in [6, 6.07) is 6.66. The number of oxazole rings is 1. The second kappa shape index (κ2) is 6.66. The van der Waals surface area contributed by atoms with Crippen molar-refractivity contribution in [2.75, 3.05) is 31.1 Å². The molecular formula is C18H18ClFN4O. The Morgan fingerprint density at radius 3 is 2.68 bits per heavy atom. The third-order valence-electron chi connectivity index (χ3n) is 4.73. The van der Waals surface area contributed by atoms with Crippen molar-refractivity contribution in [2.45, 2.75) is 25.3 Å². The average Bonchev–Trinajstić information content (AvgIpc) is 3.37. The number of nitrogens with zero attached hydrogens (tertiary/aromatic N) is 4.